The highest BCUT2D eigenvalue weighted by Gasteiger charge is 2.21. The van der Waals surface area contributed by atoms with Crippen molar-refractivity contribution in [1.29, 1.82) is 0 Å². The van der Waals surface area contributed by atoms with Crippen molar-refractivity contribution in [3.63, 3.8) is 0 Å². The number of nitrogens with one attached hydrogen (secondary N) is 1. The fourth-order valence-corrected chi connectivity index (χ4v) is 3.43. The van der Waals surface area contributed by atoms with Gasteiger partial charge in [-0.25, -0.2) is 0 Å². The minimum Gasteiger partial charge on any atom is -0.324 e. The molecule has 2 heterocycles. The number of hydrogen-bond donors (Lipinski definition) is 1. The molecule has 138 valence electrons. The van der Waals surface area contributed by atoms with Crippen LogP contribution in [0.1, 0.15) is 6.92 Å². The van der Waals surface area contributed by atoms with Crippen LogP contribution in [-0.4, -0.2) is 30.9 Å². The second-order valence-corrected chi connectivity index (χ2v) is 7.39. The molecular formula is C19H18ClN5OS. The predicted octanol–water partition coefficient (Wildman–Crippen LogP) is 4.30. The third kappa shape index (κ3) is 4.56. The molecule has 1 aromatic carbocycles. The first-order valence-corrected chi connectivity index (χ1v) is 9.52. The number of para-hydroxylation sites is 1. The fourth-order valence-electron chi connectivity index (χ4n) is 2.39. The van der Waals surface area contributed by atoms with Gasteiger partial charge in [-0.2, -0.15) is 0 Å². The van der Waals surface area contributed by atoms with E-state index in [1.807, 2.05) is 35.8 Å². The number of aromatic nitrogens is 4. The van der Waals surface area contributed by atoms with Crippen LogP contribution >= 0.6 is 23.4 Å². The lowest BCUT2D eigenvalue weighted by atomic mass is 10.2. The Morgan fingerprint density at radius 3 is 2.74 bits per heavy atom. The van der Waals surface area contributed by atoms with E-state index in [4.69, 9.17) is 11.6 Å². The lowest BCUT2D eigenvalue weighted by molar-refractivity contribution is -0.115. The zero-order chi connectivity index (χ0) is 19.2. The van der Waals surface area contributed by atoms with E-state index in [-0.39, 0.29) is 11.2 Å². The van der Waals surface area contributed by atoms with Gasteiger partial charge in [0.2, 0.25) is 5.91 Å². The summed E-state index contributed by atoms with van der Waals surface area (Å²) in [5.74, 6) is 0.547. The van der Waals surface area contributed by atoms with Crippen LogP contribution in [-0.2, 0) is 11.3 Å². The summed E-state index contributed by atoms with van der Waals surface area (Å²) in [5.41, 5.74) is 1.49. The molecule has 0 aliphatic rings. The number of carbonyl (C=O) groups excluding carboxylic acids is 1. The smallest absolute Gasteiger partial charge is 0.237 e. The summed E-state index contributed by atoms with van der Waals surface area (Å²) >= 11 is 7.44. The van der Waals surface area contributed by atoms with Crippen LogP contribution in [0.5, 0.6) is 0 Å². The van der Waals surface area contributed by atoms with Crippen molar-refractivity contribution in [2.75, 3.05) is 5.32 Å². The Morgan fingerprint density at radius 1 is 1.30 bits per heavy atom. The zero-order valence-electron chi connectivity index (χ0n) is 14.7. The van der Waals surface area contributed by atoms with Crippen molar-refractivity contribution in [3.8, 4) is 11.4 Å². The van der Waals surface area contributed by atoms with Crippen LogP contribution < -0.4 is 5.32 Å². The van der Waals surface area contributed by atoms with Gasteiger partial charge in [0.25, 0.3) is 0 Å². The van der Waals surface area contributed by atoms with E-state index in [2.05, 4.69) is 27.1 Å². The molecule has 0 radical (unpaired) electrons. The Balaban J connectivity index is 1.78. The molecule has 6 nitrogen and oxygen atoms in total. The van der Waals surface area contributed by atoms with Crippen molar-refractivity contribution in [2.24, 2.45) is 0 Å². The number of carbonyl (C=O) groups is 1. The molecule has 3 rings (SSSR count). The number of amides is 1. The molecule has 0 bridgehead atoms. The summed E-state index contributed by atoms with van der Waals surface area (Å²) < 4.78 is 1.92. The number of nitrogens with zero attached hydrogens (tertiary/aromatic N) is 4. The van der Waals surface area contributed by atoms with E-state index in [9.17, 15) is 4.79 Å². The van der Waals surface area contributed by atoms with Gasteiger partial charge in [0.05, 0.1) is 16.0 Å². The molecule has 0 spiro atoms. The van der Waals surface area contributed by atoms with Crippen LogP contribution in [0.3, 0.4) is 0 Å². The minimum absolute atomic E-state index is 0.160. The highest BCUT2D eigenvalue weighted by Crippen LogP contribution is 2.28. The van der Waals surface area contributed by atoms with Crippen LogP contribution in [0.4, 0.5) is 5.69 Å². The Bertz CT molecular complexity index is 944. The normalized spacial score (nSPS) is 11.8. The molecule has 27 heavy (non-hydrogen) atoms. The third-order valence-corrected chi connectivity index (χ3v) is 5.16. The van der Waals surface area contributed by atoms with Crippen LogP contribution in [0.15, 0.2) is 66.6 Å². The van der Waals surface area contributed by atoms with E-state index in [0.29, 0.717) is 28.2 Å². The number of hydrogen-bond acceptors (Lipinski definition) is 5. The molecule has 3 aromatic rings. The molecule has 1 N–H and O–H groups in total. The molecule has 2 aromatic heterocycles. The number of halogens is 1. The lowest BCUT2D eigenvalue weighted by Gasteiger charge is -2.13. The fraction of sp³-hybridized carbons (Fsp3) is 0.158. The van der Waals surface area contributed by atoms with Gasteiger partial charge in [-0.3, -0.25) is 14.3 Å². The third-order valence-electron chi connectivity index (χ3n) is 3.75. The molecule has 0 aliphatic carbocycles. The highest BCUT2D eigenvalue weighted by atomic mass is 35.5. The van der Waals surface area contributed by atoms with E-state index >= 15 is 0 Å². The zero-order valence-corrected chi connectivity index (χ0v) is 16.2. The van der Waals surface area contributed by atoms with Gasteiger partial charge in [0, 0.05) is 24.5 Å². The standard InChI is InChI=1S/C19H18ClN5OS/c1-3-12-25-17(14-8-10-21-11-9-14)23-24-19(25)27-13(2)18(26)22-16-7-5-4-6-15(16)20/h3-11,13H,1,12H2,2H3,(H,22,26)/t13-/m0/s1. The first-order valence-electron chi connectivity index (χ1n) is 8.26. The molecule has 0 saturated heterocycles. The quantitative estimate of drug-likeness (QED) is 0.473. The van der Waals surface area contributed by atoms with Crippen molar-refractivity contribution < 1.29 is 4.79 Å². The number of allylic oxidation sites excluding steroid dienone is 1. The average Bonchev–Trinajstić information content (AvgIpc) is 3.07. The van der Waals surface area contributed by atoms with E-state index in [1.165, 1.54) is 11.8 Å². The van der Waals surface area contributed by atoms with Crippen LogP contribution in [0.2, 0.25) is 5.02 Å². The summed E-state index contributed by atoms with van der Waals surface area (Å²) in [5, 5.41) is 12.1. The van der Waals surface area contributed by atoms with Gasteiger partial charge < -0.3 is 5.32 Å². The molecular weight excluding hydrogens is 382 g/mol. The Kier molecular flexibility index (Phi) is 6.26. The summed E-state index contributed by atoms with van der Waals surface area (Å²) in [6, 6.07) is 10.9. The van der Waals surface area contributed by atoms with Gasteiger partial charge in [-0.1, -0.05) is 41.6 Å². The molecule has 8 heteroatoms. The first kappa shape index (κ1) is 19.1. The highest BCUT2D eigenvalue weighted by molar-refractivity contribution is 8.00. The monoisotopic (exact) mass is 399 g/mol. The molecule has 0 saturated carbocycles. The molecule has 0 aliphatic heterocycles. The number of anilines is 1. The molecule has 0 unspecified atom stereocenters. The van der Waals surface area contributed by atoms with Gasteiger partial charge in [0.1, 0.15) is 0 Å². The summed E-state index contributed by atoms with van der Waals surface area (Å²) in [4.78, 5) is 16.6. The van der Waals surface area contributed by atoms with Crippen molar-refractivity contribution in [1.82, 2.24) is 19.7 Å². The maximum atomic E-state index is 12.5. The number of pyridine rings is 1. The second-order valence-electron chi connectivity index (χ2n) is 5.67. The molecule has 1 amide bonds. The Morgan fingerprint density at radius 2 is 2.04 bits per heavy atom. The maximum Gasteiger partial charge on any atom is 0.237 e. The van der Waals surface area contributed by atoms with Crippen LogP contribution in [0, 0.1) is 0 Å². The molecule has 1 atom stereocenters. The Labute approximate surface area is 166 Å². The maximum absolute atomic E-state index is 12.5. The second kappa shape index (κ2) is 8.83. The van der Waals surface area contributed by atoms with Gasteiger partial charge >= 0.3 is 0 Å². The largest absolute Gasteiger partial charge is 0.324 e. The summed E-state index contributed by atoms with van der Waals surface area (Å²) in [7, 11) is 0. The van der Waals surface area contributed by atoms with E-state index in [0.717, 1.165) is 5.56 Å². The van der Waals surface area contributed by atoms with E-state index in [1.54, 1.807) is 30.6 Å². The number of thioether (sulfide) groups is 1. The number of benzene rings is 1. The molecule has 0 fully saturated rings. The van der Waals surface area contributed by atoms with Gasteiger partial charge in [0.15, 0.2) is 11.0 Å². The number of rotatable bonds is 7. The Hall–Kier alpha value is -2.64. The first-order chi connectivity index (χ1) is 13.1. The van der Waals surface area contributed by atoms with Crippen LogP contribution in [0.25, 0.3) is 11.4 Å². The SMILES string of the molecule is C=CCn1c(S[C@@H](C)C(=O)Nc2ccccc2Cl)nnc1-c1ccncc1. The summed E-state index contributed by atoms with van der Waals surface area (Å²) in [6.45, 7) is 6.15. The van der Waals surface area contributed by atoms with Crippen molar-refractivity contribution in [3.05, 3.63) is 66.5 Å². The van der Waals surface area contributed by atoms with E-state index < -0.39 is 0 Å². The predicted molar refractivity (Wildman–Crippen MR) is 109 cm³/mol. The lowest BCUT2D eigenvalue weighted by Crippen LogP contribution is -2.23. The minimum atomic E-state index is -0.390. The summed E-state index contributed by atoms with van der Waals surface area (Å²) in [6.07, 6.45) is 5.18. The van der Waals surface area contributed by atoms with Crippen molar-refractivity contribution >= 4 is 35.0 Å². The van der Waals surface area contributed by atoms with Gasteiger partial charge in [-0.05, 0) is 31.2 Å². The van der Waals surface area contributed by atoms with Crippen molar-refractivity contribution in [2.45, 2.75) is 23.9 Å². The van der Waals surface area contributed by atoms with Gasteiger partial charge in [-0.15, -0.1) is 16.8 Å². The topological polar surface area (TPSA) is 72.7 Å². The average molecular weight is 400 g/mol.